The van der Waals surface area contributed by atoms with Crippen LogP contribution in [0.5, 0.6) is 0 Å². The Bertz CT molecular complexity index is 690. The quantitative estimate of drug-likeness (QED) is 0.873. The van der Waals surface area contributed by atoms with Gasteiger partial charge in [-0.15, -0.1) is 11.3 Å². The molecule has 1 amide bonds. The molecule has 0 saturated carbocycles. The second-order valence-electron chi connectivity index (χ2n) is 5.48. The molecule has 0 spiro atoms. The largest absolute Gasteiger partial charge is 0.363 e. The molecule has 1 N–H and O–H groups in total. The minimum absolute atomic E-state index is 0.210. The molecular formula is C15H17ClN4OS. The number of halogens is 1. The molecule has 0 bridgehead atoms. The number of hydrogen-bond donors (Lipinski definition) is 1. The van der Waals surface area contributed by atoms with Crippen molar-refractivity contribution in [1.29, 1.82) is 0 Å². The van der Waals surface area contributed by atoms with Crippen molar-refractivity contribution < 1.29 is 4.79 Å². The van der Waals surface area contributed by atoms with E-state index in [9.17, 15) is 4.79 Å². The number of rotatable bonds is 3. The fourth-order valence-electron chi connectivity index (χ4n) is 2.42. The fraction of sp³-hybridized carbons (Fsp3) is 0.400. The first-order valence-electron chi connectivity index (χ1n) is 7.18. The zero-order valence-electron chi connectivity index (χ0n) is 12.5. The van der Waals surface area contributed by atoms with E-state index in [1.54, 1.807) is 23.5 Å². The number of thiazole rings is 1. The summed E-state index contributed by atoms with van der Waals surface area (Å²) in [6.07, 6.45) is 4.45. The van der Waals surface area contributed by atoms with E-state index in [0.717, 1.165) is 18.5 Å². The highest BCUT2D eigenvalue weighted by Crippen LogP contribution is 2.30. The molecule has 7 heteroatoms. The maximum absolute atomic E-state index is 12.4. The average molecular weight is 337 g/mol. The molecule has 3 rings (SSSR count). The molecule has 0 atom stereocenters. The minimum Gasteiger partial charge on any atom is -0.363 e. The van der Waals surface area contributed by atoms with Crippen molar-refractivity contribution in [2.24, 2.45) is 0 Å². The van der Waals surface area contributed by atoms with Crippen LogP contribution < -0.4 is 10.2 Å². The molecule has 0 aromatic carbocycles. The molecule has 1 aliphatic carbocycles. The van der Waals surface area contributed by atoms with Crippen LogP contribution in [0.1, 0.15) is 33.8 Å². The number of hydrogen-bond acceptors (Lipinski definition) is 5. The Morgan fingerprint density at radius 1 is 1.27 bits per heavy atom. The number of anilines is 2. The molecule has 2 heterocycles. The molecular weight excluding hydrogens is 320 g/mol. The molecule has 5 nitrogen and oxygen atoms in total. The van der Waals surface area contributed by atoms with Crippen molar-refractivity contribution in [3.63, 3.8) is 0 Å². The molecule has 0 radical (unpaired) electrons. The van der Waals surface area contributed by atoms with Crippen LogP contribution in [-0.4, -0.2) is 30.0 Å². The number of nitrogens with zero attached hydrogens (tertiary/aromatic N) is 3. The third-order valence-electron chi connectivity index (χ3n) is 3.57. The summed E-state index contributed by atoms with van der Waals surface area (Å²) in [5, 5.41) is 3.84. The Morgan fingerprint density at radius 3 is 2.77 bits per heavy atom. The van der Waals surface area contributed by atoms with Gasteiger partial charge < -0.3 is 4.90 Å². The molecule has 0 saturated heterocycles. The molecule has 0 unspecified atom stereocenters. The van der Waals surface area contributed by atoms with Gasteiger partial charge in [0.1, 0.15) is 11.0 Å². The van der Waals surface area contributed by atoms with E-state index in [4.69, 9.17) is 11.6 Å². The van der Waals surface area contributed by atoms with Gasteiger partial charge in [0, 0.05) is 24.5 Å². The first-order valence-corrected chi connectivity index (χ1v) is 8.37. The summed E-state index contributed by atoms with van der Waals surface area (Å²) in [5.41, 5.74) is 1.62. The number of nitrogens with one attached hydrogen (secondary N) is 1. The Hall–Kier alpha value is -1.66. The summed E-state index contributed by atoms with van der Waals surface area (Å²) < 4.78 is 0. The third kappa shape index (κ3) is 3.23. The lowest BCUT2D eigenvalue weighted by Crippen LogP contribution is -2.15. The van der Waals surface area contributed by atoms with E-state index >= 15 is 0 Å². The maximum atomic E-state index is 12.4. The summed E-state index contributed by atoms with van der Waals surface area (Å²) in [6, 6.07) is 3.28. The first kappa shape index (κ1) is 15.2. The van der Waals surface area contributed by atoms with Crippen LogP contribution in [0.3, 0.4) is 0 Å². The lowest BCUT2D eigenvalue weighted by Gasteiger charge is -2.12. The molecule has 22 heavy (non-hydrogen) atoms. The lowest BCUT2D eigenvalue weighted by molar-refractivity contribution is 0.102. The Labute approximate surface area is 138 Å². The summed E-state index contributed by atoms with van der Waals surface area (Å²) in [4.78, 5) is 24.2. The average Bonchev–Trinajstić information content (AvgIpc) is 2.88. The highest BCUT2D eigenvalue weighted by atomic mass is 35.5. The monoisotopic (exact) mass is 336 g/mol. The normalized spacial score (nSPS) is 13.6. The van der Waals surface area contributed by atoms with Crippen molar-refractivity contribution in [3.05, 3.63) is 33.4 Å². The van der Waals surface area contributed by atoms with Gasteiger partial charge in [-0.05, 0) is 37.8 Å². The molecule has 0 aliphatic heterocycles. The van der Waals surface area contributed by atoms with Crippen molar-refractivity contribution in [1.82, 2.24) is 9.97 Å². The van der Waals surface area contributed by atoms with Crippen LogP contribution in [0.15, 0.2) is 12.1 Å². The number of fused-ring (bicyclic) bond motifs is 1. The van der Waals surface area contributed by atoms with Crippen molar-refractivity contribution in [2.75, 3.05) is 24.3 Å². The van der Waals surface area contributed by atoms with Gasteiger partial charge in [0.05, 0.1) is 5.69 Å². The Balaban J connectivity index is 1.81. The predicted octanol–water partition coefficient (Wildman–Crippen LogP) is 3.39. The second-order valence-corrected chi connectivity index (χ2v) is 6.95. The van der Waals surface area contributed by atoms with Crippen molar-refractivity contribution >= 4 is 39.8 Å². The molecule has 2 aromatic rings. The third-order valence-corrected chi connectivity index (χ3v) is 4.83. The fourth-order valence-corrected chi connectivity index (χ4v) is 3.67. The van der Waals surface area contributed by atoms with Crippen LogP contribution >= 0.6 is 22.9 Å². The van der Waals surface area contributed by atoms with E-state index in [1.807, 2.05) is 19.0 Å². The SMILES string of the molecule is CN(C)c1cc(C(=O)Nc2nc3c(s2)CCCC3)cc(Cl)n1. The Morgan fingerprint density at radius 2 is 2.05 bits per heavy atom. The van der Waals surface area contributed by atoms with Crippen molar-refractivity contribution in [3.8, 4) is 0 Å². The van der Waals surface area contributed by atoms with Gasteiger partial charge in [-0.1, -0.05) is 11.6 Å². The van der Waals surface area contributed by atoms with E-state index in [1.165, 1.54) is 17.7 Å². The van der Waals surface area contributed by atoms with Gasteiger partial charge in [0.25, 0.3) is 5.91 Å². The first-order chi connectivity index (χ1) is 10.5. The van der Waals surface area contributed by atoms with Gasteiger partial charge in [0.2, 0.25) is 0 Å². The van der Waals surface area contributed by atoms with Crippen LogP contribution in [-0.2, 0) is 12.8 Å². The van der Waals surface area contributed by atoms with Gasteiger partial charge in [0.15, 0.2) is 5.13 Å². The number of aromatic nitrogens is 2. The minimum atomic E-state index is -0.210. The van der Waals surface area contributed by atoms with Crippen LogP contribution in [0.2, 0.25) is 5.15 Å². The van der Waals surface area contributed by atoms with E-state index < -0.39 is 0 Å². The molecule has 1 aliphatic rings. The van der Waals surface area contributed by atoms with E-state index in [2.05, 4.69) is 15.3 Å². The highest BCUT2D eigenvalue weighted by Gasteiger charge is 2.17. The van der Waals surface area contributed by atoms with E-state index in [0.29, 0.717) is 21.7 Å². The summed E-state index contributed by atoms with van der Waals surface area (Å²) >= 11 is 7.56. The molecule has 2 aromatic heterocycles. The van der Waals surface area contributed by atoms with Gasteiger partial charge in [-0.3, -0.25) is 10.1 Å². The van der Waals surface area contributed by atoms with Gasteiger partial charge in [-0.25, -0.2) is 9.97 Å². The van der Waals surface area contributed by atoms with E-state index in [-0.39, 0.29) is 5.91 Å². The maximum Gasteiger partial charge on any atom is 0.257 e. The highest BCUT2D eigenvalue weighted by molar-refractivity contribution is 7.15. The molecule has 0 fully saturated rings. The van der Waals surface area contributed by atoms with Crippen LogP contribution in [0, 0.1) is 0 Å². The van der Waals surface area contributed by atoms with Crippen LogP contribution in [0.4, 0.5) is 10.9 Å². The zero-order valence-corrected chi connectivity index (χ0v) is 14.1. The number of pyridine rings is 1. The molecule has 116 valence electrons. The van der Waals surface area contributed by atoms with Crippen LogP contribution in [0.25, 0.3) is 0 Å². The summed E-state index contributed by atoms with van der Waals surface area (Å²) in [7, 11) is 3.71. The smallest absolute Gasteiger partial charge is 0.257 e. The lowest BCUT2D eigenvalue weighted by atomic mass is 10.0. The standard InChI is InChI=1S/C15H17ClN4OS/c1-20(2)13-8-9(7-12(16)18-13)14(21)19-15-17-10-5-3-4-6-11(10)22-15/h7-8H,3-6H2,1-2H3,(H,17,19,21). The van der Waals surface area contributed by atoms with Gasteiger partial charge in [-0.2, -0.15) is 0 Å². The van der Waals surface area contributed by atoms with Gasteiger partial charge >= 0.3 is 0 Å². The second kappa shape index (κ2) is 6.22. The zero-order chi connectivity index (χ0) is 15.7. The van der Waals surface area contributed by atoms with Crippen molar-refractivity contribution in [2.45, 2.75) is 25.7 Å². The predicted molar refractivity (Wildman–Crippen MR) is 90.3 cm³/mol. The topological polar surface area (TPSA) is 58.1 Å². The number of amides is 1. The Kier molecular flexibility index (Phi) is 4.31. The number of carbonyl (C=O) groups excluding carboxylic acids is 1. The number of carbonyl (C=O) groups is 1. The summed E-state index contributed by atoms with van der Waals surface area (Å²) in [5.74, 6) is 0.439. The number of aryl methyl sites for hydroxylation is 2. The summed E-state index contributed by atoms with van der Waals surface area (Å²) in [6.45, 7) is 0.